The highest BCUT2D eigenvalue weighted by molar-refractivity contribution is 5.86. The maximum Gasteiger partial charge on any atom is 0.305 e. The molecule has 0 saturated heterocycles. The summed E-state index contributed by atoms with van der Waals surface area (Å²) in [6.07, 6.45) is 12.9. The first-order valence-electron chi connectivity index (χ1n) is 9.78. The smallest absolute Gasteiger partial charge is 0.305 e. The number of Topliss-reactive ketones (excluding diaryl/α,β-unsaturated/α-hetero) is 1. The van der Waals surface area contributed by atoms with Gasteiger partial charge in [-0.3, -0.25) is 9.59 Å². The summed E-state index contributed by atoms with van der Waals surface area (Å²) in [5.74, 6) is -0.638. The number of esters is 1. The van der Waals surface area contributed by atoms with Crippen LogP contribution in [0.1, 0.15) is 64.7 Å². The van der Waals surface area contributed by atoms with Crippen LogP contribution < -0.4 is 0 Å². The molecule has 26 heavy (non-hydrogen) atoms. The number of methoxy groups -OCH3 is 1. The summed E-state index contributed by atoms with van der Waals surface area (Å²) in [7, 11) is 1.38. The van der Waals surface area contributed by atoms with Crippen molar-refractivity contribution < 1.29 is 24.5 Å². The number of carbonyl (C=O) groups excluding carboxylic acids is 2. The highest BCUT2D eigenvalue weighted by Gasteiger charge is 2.39. The molecule has 0 aromatic carbocycles. The Kier molecular flexibility index (Phi) is 11.1. The van der Waals surface area contributed by atoms with E-state index in [1.807, 2.05) is 12.2 Å². The van der Waals surface area contributed by atoms with Gasteiger partial charge in [-0.2, -0.15) is 0 Å². The predicted molar refractivity (Wildman–Crippen MR) is 102 cm³/mol. The van der Waals surface area contributed by atoms with Gasteiger partial charge in [-0.25, -0.2) is 0 Å². The monoisotopic (exact) mass is 366 g/mol. The normalized spacial score (nSPS) is 24.6. The molecule has 1 saturated carbocycles. The number of ether oxygens (including phenoxy) is 1. The molecule has 1 aliphatic carbocycles. The summed E-state index contributed by atoms with van der Waals surface area (Å²) >= 11 is 0. The molecule has 0 spiro atoms. The maximum atomic E-state index is 12.1. The molecule has 148 valence electrons. The van der Waals surface area contributed by atoms with Crippen LogP contribution in [0.2, 0.25) is 0 Å². The molecule has 5 nitrogen and oxygen atoms in total. The van der Waals surface area contributed by atoms with E-state index >= 15 is 0 Å². The first-order chi connectivity index (χ1) is 12.5. The molecule has 0 amide bonds. The number of aliphatic hydroxyl groups is 2. The van der Waals surface area contributed by atoms with Gasteiger partial charge in [0.25, 0.3) is 0 Å². The van der Waals surface area contributed by atoms with Gasteiger partial charge in [-0.15, -0.1) is 0 Å². The summed E-state index contributed by atoms with van der Waals surface area (Å²) in [5.41, 5.74) is 0. The van der Waals surface area contributed by atoms with Crippen LogP contribution in [-0.4, -0.2) is 41.3 Å². The van der Waals surface area contributed by atoms with Crippen molar-refractivity contribution in [3.8, 4) is 0 Å². The molecule has 0 aliphatic heterocycles. The molecular formula is C21H34O5. The lowest BCUT2D eigenvalue weighted by Gasteiger charge is -2.17. The van der Waals surface area contributed by atoms with Crippen molar-refractivity contribution in [1.29, 1.82) is 0 Å². The minimum atomic E-state index is -0.630. The Morgan fingerprint density at radius 3 is 2.77 bits per heavy atom. The molecule has 5 heteroatoms. The Balaban J connectivity index is 2.46. The van der Waals surface area contributed by atoms with E-state index in [9.17, 15) is 19.8 Å². The van der Waals surface area contributed by atoms with Crippen molar-refractivity contribution in [3.63, 3.8) is 0 Å². The lowest BCUT2D eigenvalue weighted by atomic mass is 9.90. The van der Waals surface area contributed by atoms with Crippen LogP contribution >= 0.6 is 0 Å². The quantitative estimate of drug-likeness (QED) is 0.314. The third-order valence-electron chi connectivity index (χ3n) is 4.94. The number of aliphatic hydroxyl groups excluding tert-OH is 2. The van der Waals surface area contributed by atoms with Gasteiger partial charge in [0.05, 0.1) is 19.3 Å². The zero-order chi connectivity index (χ0) is 19.4. The van der Waals surface area contributed by atoms with Crippen LogP contribution in [0.4, 0.5) is 0 Å². The van der Waals surface area contributed by atoms with Crippen molar-refractivity contribution in [2.24, 2.45) is 11.8 Å². The third-order valence-corrected chi connectivity index (χ3v) is 4.94. The molecule has 3 unspecified atom stereocenters. The molecule has 4 atom stereocenters. The van der Waals surface area contributed by atoms with Crippen molar-refractivity contribution >= 4 is 11.8 Å². The van der Waals surface area contributed by atoms with E-state index in [-0.39, 0.29) is 30.0 Å². The minimum absolute atomic E-state index is 0.0404. The van der Waals surface area contributed by atoms with E-state index in [0.717, 1.165) is 32.1 Å². The number of carbonyl (C=O) groups is 2. The molecule has 1 fully saturated rings. The molecule has 0 heterocycles. The average Bonchev–Trinajstić information content (AvgIpc) is 2.89. The zero-order valence-electron chi connectivity index (χ0n) is 16.1. The second-order valence-corrected chi connectivity index (χ2v) is 7.05. The molecule has 0 aromatic rings. The summed E-state index contributed by atoms with van der Waals surface area (Å²) in [4.78, 5) is 23.2. The van der Waals surface area contributed by atoms with Gasteiger partial charge in [-0.1, -0.05) is 50.5 Å². The summed E-state index contributed by atoms with van der Waals surface area (Å²) in [6.45, 7) is 2.12. The number of allylic oxidation sites excluding steroid dienone is 3. The van der Waals surface area contributed by atoms with Gasteiger partial charge in [0.1, 0.15) is 5.78 Å². The molecule has 1 aliphatic rings. The van der Waals surface area contributed by atoms with Gasteiger partial charge in [0.2, 0.25) is 0 Å². The van der Waals surface area contributed by atoms with E-state index in [4.69, 9.17) is 0 Å². The van der Waals surface area contributed by atoms with Gasteiger partial charge in [0, 0.05) is 24.7 Å². The Labute approximate surface area is 157 Å². The standard InChI is InChI=1S/C21H34O5/c1-3-4-7-10-16(22)13-14-18-17(19(23)15-20(18)24)11-8-5-6-9-12-21(25)26-2/h5,8,13-14,16-19,22-23H,3-4,6-7,9-12,15H2,1-2H3/b8-5+,14-13+/t16?,17?,18-,19?/m1/s1. The van der Waals surface area contributed by atoms with Crippen LogP contribution in [0.3, 0.4) is 0 Å². The van der Waals surface area contributed by atoms with E-state index in [1.165, 1.54) is 7.11 Å². The predicted octanol–water partition coefficient (Wildman–Crippen LogP) is 3.34. The summed E-state index contributed by atoms with van der Waals surface area (Å²) < 4.78 is 4.59. The van der Waals surface area contributed by atoms with Crippen LogP contribution in [0.25, 0.3) is 0 Å². The fourth-order valence-corrected chi connectivity index (χ4v) is 3.31. The van der Waals surface area contributed by atoms with Crippen molar-refractivity contribution in [2.75, 3.05) is 7.11 Å². The first-order valence-corrected chi connectivity index (χ1v) is 9.78. The van der Waals surface area contributed by atoms with Crippen molar-refractivity contribution in [2.45, 2.75) is 76.9 Å². The average molecular weight is 366 g/mol. The SMILES string of the molecule is CCCCCC(O)/C=C/[C@H]1C(=O)CC(O)C1C/C=C/CCCC(=O)OC. The first kappa shape index (κ1) is 22.6. The molecular weight excluding hydrogens is 332 g/mol. The maximum absolute atomic E-state index is 12.1. The van der Waals surface area contributed by atoms with Crippen LogP contribution in [0.5, 0.6) is 0 Å². The summed E-state index contributed by atoms with van der Waals surface area (Å²) in [6, 6.07) is 0. The number of hydrogen-bond acceptors (Lipinski definition) is 5. The number of ketones is 1. The Bertz CT molecular complexity index is 483. The minimum Gasteiger partial charge on any atom is -0.469 e. The van der Waals surface area contributed by atoms with Crippen molar-refractivity contribution in [3.05, 3.63) is 24.3 Å². The molecule has 2 N–H and O–H groups in total. The van der Waals surface area contributed by atoms with E-state index < -0.39 is 12.2 Å². The zero-order valence-corrected chi connectivity index (χ0v) is 16.1. The number of hydrogen-bond donors (Lipinski definition) is 2. The van der Waals surface area contributed by atoms with Gasteiger partial charge < -0.3 is 14.9 Å². The Morgan fingerprint density at radius 2 is 2.08 bits per heavy atom. The summed E-state index contributed by atoms with van der Waals surface area (Å²) in [5, 5.41) is 20.2. The fourth-order valence-electron chi connectivity index (χ4n) is 3.31. The molecule has 0 aromatic heterocycles. The highest BCUT2D eigenvalue weighted by Crippen LogP contribution is 2.33. The van der Waals surface area contributed by atoms with Crippen LogP contribution in [-0.2, 0) is 14.3 Å². The largest absolute Gasteiger partial charge is 0.469 e. The van der Waals surface area contributed by atoms with Gasteiger partial charge in [-0.05, 0) is 25.7 Å². The molecule has 1 rings (SSSR count). The van der Waals surface area contributed by atoms with Gasteiger partial charge >= 0.3 is 5.97 Å². The Morgan fingerprint density at radius 1 is 1.31 bits per heavy atom. The topological polar surface area (TPSA) is 83.8 Å². The second-order valence-electron chi connectivity index (χ2n) is 7.05. The highest BCUT2D eigenvalue weighted by atomic mass is 16.5. The van der Waals surface area contributed by atoms with E-state index in [2.05, 4.69) is 11.7 Å². The van der Waals surface area contributed by atoms with Crippen molar-refractivity contribution in [1.82, 2.24) is 0 Å². The van der Waals surface area contributed by atoms with Gasteiger partial charge in [0.15, 0.2) is 0 Å². The Hall–Kier alpha value is -1.46. The van der Waals surface area contributed by atoms with Crippen LogP contribution in [0, 0.1) is 11.8 Å². The number of unbranched alkanes of at least 4 members (excludes halogenated alkanes) is 3. The van der Waals surface area contributed by atoms with E-state index in [0.29, 0.717) is 19.3 Å². The number of rotatable bonds is 12. The lowest BCUT2D eigenvalue weighted by molar-refractivity contribution is -0.140. The van der Waals surface area contributed by atoms with E-state index in [1.54, 1.807) is 12.2 Å². The second kappa shape index (κ2) is 12.8. The van der Waals surface area contributed by atoms with Crippen LogP contribution in [0.15, 0.2) is 24.3 Å². The lowest BCUT2D eigenvalue weighted by Crippen LogP contribution is -2.19. The fraction of sp³-hybridized carbons (Fsp3) is 0.714. The molecule has 0 radical (unpaired) electrons. The third kappa shape index (κ3) is 8.28. The molecule has 0 bridgehead atoms.